The third-order valence-corrected chi connectivity index (χ3v) is 2.60. The zero-order valence-electron chi connectivity index (χ0n) is 9.36. The predicted octanol–water partition coefficient (Wildman–Crippen LogP) is 1.58. The molecule has 88 valence electrons. The maximum absolute atomic E-state index is 11.0. The second-order valence-electron chi connectivity index (χ2n) is 3.78. The van der Waals surface area contributed by atoms with Gasteiger partial charge in [-0.2, -0.15) is 0 Å². The molecule has 0 aromatic heterocycles. The number of aryl methyl sites for hydroxylation is 1. The quantitative estimate of drug-likeness (QED) is 0.851. The summed E-state index contributed by atoms with van der Waals surface area (Å²) < 4.78 is 24.4. The molecule has 0 saturated heterocycles. The summed E-state index contributed by atoms with van der Waals surface area (Å²) in [6.45, 7) is 1.54. The third kappa shape index (κ3) is 4.93. The Kier molecular flexibility index (Phi) is 4.06. The fourth-order valence-electron chi connectivity index (χ4n) is 1.32. The van der Waals surface area contributed by atoms with Crippen molar-refractivity contribution in [3.63, 3.8) is 0 Å². The van der Waals surface area contributed by atoms with Crippen LogP contribution >= 0.6 is 0 Å². The second-order valence-corrected chi connectivity index (χ2v) is 5.53. The SMILES string of the molecule is CC(=O)CCc1cccc(NS(C)(=O)=O)c1. The van der Waals surface area contributed by atoms with Crippen LogP contribution in [0.5, 0.6) is 0 Å². The summed E-state index contributed by atoms with van der Waals surface area (Å²) in [5, 5.41) is 0. The maximum Gasteiger partial charge on any atom is 0.229 e. The standard InChI is InChI=1S/C11H15NO3S/c1-9(13)6-7-10-4-3-5-11(8-10)12-16(2,14)15/h3-5,8,12H,6-7H2,1-2H3. The lowest BCUT2D eigenvalue weighted by Gasteiger charge is -2.05. The lowest BCUT2D eigenvalue weighted by atomic mass is 10.1. The zero-order chi connectivity index (χ0) is 12.2. The Morgan fingerprint density at radius 2 is 2.06 bits per heavy atom. The first-order valence-electron chi connectivity index (χ1n) is 4.93. The fraction of sp³-hybridized carbons (Fsp3) is 0.364. The number of sulfonamides is 1. The molecule has 0 heterocycles. The van der Waals surface area contributed by atoms with Gasteiger partial charge < -0.3 is 4.79 Å². The van der Waals surface area contributed by atoms with E-state index in [2.05, 4.69) is 4.72 Å². The Morgan fingerprint density at radius 3 is 2.62 bits per heavy atom. The second kappa shape index (κ2) is 5.12. The van der Waals surface area contributed by atoms with Crippen molar-refractivity contribution in [2.24, 2.45) is 0 Å². The summed E-state index contributed by atoms with van der Waals surface area (Å²) in [7, 11) is -3.24. The minimum atomic E-state index is -3.24. The average molecular weight is 241 g/mol. The summed E-state index contributed by atoms with van der Waals surface area (Å²) in [5.41, 5.74) is 1.48. The number of Topliss-reactive ketones (excluding diaryl/α,β-unsaturated/α-hetero) is 1. The van der Waals surface area contributed by atoms with Gasteiger partial charge in [-0.15, -0.1) is 0 Å². The number of carbonyl (C=O) groups excluding carboxylic acids is 1. The van der Waals surface area contributed by atoms with Crippen LogP contribution in [0.3, 0.4) is 0 Å². The van der Waals surface area contributed by atoms with Gasteiger partial charge in [0.05, 0.1) is 6.26 Å². The van der Waals surface area contributed by atoms with Crippen molar-refractivity contribution in [1.29, 1.82) is 0 Å². The molecule has 0 aliphatic carbocycles. The summed E-state index contributed by atoms with van der Waals surface area (Å²) in [5.74, 6) is 0.126. The van der Waals surface area contributed by atoms with E-state index in [4.69, 9.17) is 0 Å². The number of ketones is 1. The molecule has 0 fully saturated rings. The molecule has 1 N–H and O–H groups in total. The largest absolute Gasteiger partial charge is 0.300 e. The third-order valence-electron chi connectivity index (χ3n) is 2.00. The Balaban J connectivity index is 2.75. The van der Waals surface area contributed by atoms with Crippen molar-refractivity contribution in [1.82, 2.24) is 0 Å². The Bertz CT molecular complexity index is 480. The molecule has 0 unspecified atom stereocenters. The number of nitrogens with one attached hydrogen (secondary N) is 1. The van der Waals surface area contributed by atoms with Gasteiger partial charge in [0.25, 0.3) is 0 Å². The summed E-state index contributed by atoms with van der Waals surface area (Å²) in [6, 6.07) is 7.06. The summed E-state index contributed by atoms with van der Waals surface area (Å²) in [6.07, 6.45) is 2.21. The van der Waals surface area contributed by atoms with Gasteiger partial charge in [0.15, 0.2) is 0 Å². The predicted molar refractivity (Wildman–Crippen MR) is 63.9 cm³/mol. The van der Waals surface area contributed by atoms with E-state index in [1.807, 2.05) is 6.07 Å². The van der Waals surface area contributed by atoms with E-state index in [1.54, 1.807) is 25.1 Å². The first kappa shape index (κ1) is 12.7. The zero-order valence-corrected chi connectivity index (χ0v) is 10.2. The number of hydrogen-bond donors (Lipinski definition) is 1. The Labute approximate surface area is 95.7 Å². The first-order valence-corrected chi connectivity index (χ1v) is 6.82. The van der Waals surface area contributed by atoms with Crippen LogP contribution in [0.4, 0.5) is 5.69 Å². The van der Waals surface area contributed by atoms with Crippen LogP contribution < -0.4 is 4.72 Å². The highest BCUT2D eigenvalue weighted by Crippen LogP contribution is 2.13. The van der Waals surface area contributed by atoms with Crippen LogP contribution in [0, 0.1) is 0 Å². The summed E-state index contributed by atoms with van der Waals surface area (Å²) in [4.78, 5) is 10.8. The number of benzene rings is 1. The molecule has 4 nitrogen and oxygen atoms in total. The molecule has 1 rings (SSSR count). The molecule has 5 heteroatoms. The average Bonchev–Trinajstić information content (AvgIpc) is 2.12. The number of rotatable bonds is 5. The minimum absolute atomic E-state index is 0.126. The molecule has 0 aliphatic rings. The number of hydrogen-bond acceptors (Lipinski definition) is 3. The summed E-state index contributed by atoms with van der Waals surface area (Å²) >= 11 is 0. The van der Waals surface area contributed by atoms with Crippen LogP contribution in [-0.2, 0) is 21.2 Å². The van der Waals surface area contributed by atoms with Crippen molar-refractivity contribution in [2.75, 3.05) is 11.0 Å². The molecular formula is C11H15NO3S. The maximum atomic E-state index is 11.0. The van der Waals surface area contributed by atoms with Crippen molar-refractivity contribution in [2.45, 2.75) is 19.8 Å². The van der Waals surface area contributed by atoms with E-state index in [1.165, 1.54) is 0 Å². The lowest BCUT2D eigenvalue weighted by molar-refractivity contribution is -0.116. The highest BCUT2D eigenvalue weighted by Gasteiger charge is 2.03. The monoisotopic (exact) mass is 241 g/mol. The van der Waals surface area contributed by atoms with Gasteiger partial charge in [-0.25, -0.2) is 8.42 Å². The number of carbonyl (C=O) groups is 1. The van der Waals surface area contributed by atoms with Gasteiger partial charge in [-0.3, -0.25) is 4.72 Å². The van der Waals surface area contributed by atoms with Gasteiger partial charge in [0, 0.05) is 12.1 Å². The topological polar surface area (TPSA) is 63.2 Å². The molecular weight excluding hydrogens is 226 g/mol. The fourth-order valence-corrected chi connectivity index (χ4v) is 1.88. The molecule has 1 aromatic carbocycles. The van der Waals surface area contributed by atoms with Gasteiger partial charge in [-0.05, 0) is 31.0 Å². The van der Waals surface area contributed by atoms with Gasteiger partial charge in [-0.1, -0.05) is 12.1 Å². The van der Waals surface area contributed by atoms with Gasteiger partial charge >= 0.3 is 0 Å². The molecule has 1 aromatic rings. The molecule has 0 bridgehead atoms. The molecule has 16 heavy (non-hydrogen) atoms. The lowest BCUT2D eigenvalue weighted by Crippen LogP contribution is -2.09. The molecule has 0 spiro atoms. The van der Waals surface area contributed by atoms with Crippen molar-refractivity contribution >= 4 is 21.5 Å². The minimum Gasteiger partial charge on any atom is -0.300 e. The molecule has 0 aliphatic heterocycles. The van der Waals surface area contributed by atoms with E-state index in [0.29, 0.717) is 18.5 Å². The van der Waals surface area contributed by atoms with Crippen molar-refractivity contribution in [3.05, 3.63) is 29.8 Å². The van der Waals surface area contributed by atoms with Crippen LogP contribution in [0.15, 0.2) is 24.3 Å². The van der Waals surface area contributed by atoms with Crippen molar-refractivity contribution < 1.29 is 13.2 Å². The molecule has 0 atom stereocenters. The normalized spacial score (nSPS) is 11.1. The van der Waals surface area contributed by atoms with Gasteiger partial charge in [0.2, 0.25) is 10.0 Å². The van der Waals surface area contributed by atoms with E-state index < -0.39 is 10.0 Å². The Hall–Kier alpha value is -1.36. The smallest absolute Gasteiger partial charge is 0.229 e. The van der Waals surface area contributed by atoms with Crippen LogP contribution in [0.2, 0.25) is 0 Å². The van der Waals surface area contributed by atoms with Crippen LogP contribution in [0.25, 0.3) is 0 Å². The van der Waals surface area contributed by atoms with E-state index >= 15 is 0 Å². The van der Waals surface area contributed by atoms with E-state index in [0.717, 1.165) is 11.8 Å². The van der Waals surface area contributed by atoms with E-state index in [-0.39, 0.29) is 5.78 Å². The van der Waals surface area contributed by atoms with Crippen LogP contribution in [-0.4, -0.2) is 20.5 Å². The number of anilines is 1. The van der Waals surface area contributed by atoms with Gasteiger partial charge in [0.1, 0.15) is 5.78 Å². The Morgan fingerprint density at radius 1 is 1.38 bits per heavy atom. The van der Waals surface area contributed by atoms with Crippen LogP contribution in [0.1, 0.15) is 18.9 Å². The highest BCUT2D eigenvalue weighted by atomic mass is 32.2. The first-order chi connectivity index (χ1) is 7.37. The van der Waals surface area contributed by atoms with E-state index in [9.17, 15) is 13.2 Å². The molecule has 0 amide bonds. The molecule has 0 saturated carbocycles. The van der Waals surface area contributed by atoms with Crippen molar-refractivity contribution in [3.8, 4) is 0 Å². The highest BCUT2D eigenvalue weighted by molar-refractivity contribution is 7.92. The molecule has 0 radical (unpaired) electrons.